The van der Waals surface area contributed by atoms with Gasteiger partial charge >= 0.3 is 5.97 Å². The monoisotopic (exact) mass is 877 g/mol. The van der Waals surface area contributed by atoms with Crippen molar-refractivity contribution >= 4 is 5.97 Å². The first-order valence-corrected chi connectivity index (χ1v) is 22.8. The van der Waals surface area contributed by atoms with Crippen LogP contribution in [-0.2, 0) is 72.8 Å². The van der Waals surface area contributed by atoms with E-state index in [9.17, 15) is 4.79 Å². The van der Waals surface area contributed by atoms with E-state index in [1.54, 1.807) is 0 Å². The van der Waals surface area contributed by atoms with Gasteiger partial charge in [0.05, 0.1) is 165 Å². The number of esters is 1. The van der Waals surface area contributed by atoms with Gasteiger partial charge in [-0.15, -0.1) is 0 Å². The number of benzene rings is 1. The zero-order valence-corrected chi connectivity index (χ0v) is 38.5. The molecule has 0 unspecified atom stereocenters. The molecule has 1 aromatic rings. The Morgan fingerprint density at radius 2 is 0.689 bits per heavy atom. The summed E-state index contributed by atoms with van der Waals surface area (Å²) in [4.78, 5) is 11.6. The van der Waals surface area contributed by atoms with E-state index in [0.29, 0.717) is 165 Å². The molecule has 0 radical (unpaired) electrons. The van der Waals surface area contributed by atoms with E-state index in [2.05, 4.69) is 31.2 Å². The van der Waals surface area contributed by atoms with Crippen LogP contribution >= 0.6 is 0 Å². The summed E-state index contributed by atoms with van der Waals surface area (Å²) < 4.78 is 77.0. The number of carbonyl (C=O) groups is 1. The van der Waals surface area contributed by atoms with Crippen molar-refractivity contribution in [3.05, 3.63) is 29.8 Å². The third kappa shape index (κ3) is 44.4. The lowest BCUT2D eigenvalue weighted by molar-refractivity contribution is -0.156. The van der Waals surface area contributed by atoms with Gasteiger partial charge in [-0.25, -0.2) is 0 Å². The molecular weight excluding hydrogens is 792 g/mol. The smallest absolute Gasteiger partial charge is 0.308 e. The lowest BCUT2D eigenvalue weighted by Gasteiger charge is -2.19. The van der Waals surface area contributed by atoms with Gasteiger partial charge in [-0.05, 0) is 51.3 Å². The van der Waals surface area contributed by atoms with Gasteiger partial charge in [-0.2, -0.15) is 0 Å². The van der Waals surface area contributed by atoms with Crippen molar-refractivity contribution in [1.29, 1.82) is 0 Å². The molecule has 0 aliphatic rings. The average molecular weight is 877 g/mol. The summed E-state index contributed by atoms with van der Waals surface area (Å²) in [6.07, 6.45) is 10.7. The number of rotatable bonds is 48. The van der Waals surface area contributed by atoms with Crippen LogP contribution in [0.15, 0.2) is 24.3 Å². The SMILES string of the molecule is CCCCCCCCCc1ccc(OCCOCCOCCOCCOCCOCCOCCOCCOCCOCCOCCOCCOCCC(=O)OC(C)(C)C)cc1. The summed E-state index contributed by atoms with van der Waals surface area (Å²) in [6.45, 7) is 19.9. The second-order valence-electron chi connectivity index (χ2n) is 15.0. The van der Waals surface area contributed by atoms with Gasteiger partial charge in [0, 0.05) is 0 Å². The summed E-state index contributed by atoms with van der Waals surface area (Å²) in [6, 6.07) is 8.44. The number of hydrogen-bond acceptors (Lipinski definition) is 15. The highest BCUT2D eigenvalue weighted by Crippen LogP contribution is 2.15. The fourth-order valence-corrected chi connectivity index (χ4v) is 5.33. The quantitative estimate of drug-likeness (QED) is 0.0534. The molecular formula is C46H84O15. The molecule has 0 atom stereocenters. The largest absolute Gasteiger partial charge is 0.491 e. The third-order valence-corrected chi connectivity index (χ3v) is 8.45. The molecule has 0 aromatic heterocycles. The Bertz CT molecular complexity index is 1040. The topological polar surface area (TPSA) is 146 Å². The summed E-state index contributed by atoms with van der Waals surface area (Å²) in [5.74, 6) is 0.617. The Hall–Kier alpha value is -1.99. The molecule has 0 N–H and O–H groups in total. The second kappa shape index (κ2) is 44.6. The third-order valence-electron chi connectivity index (χ3n) is 8.45. The van der Waals surface area contributed by atoms with Gasteiger partial charge in [-0.1, -0.05) is 57.6 Å². The molecule has 0 saturated heterocycles. The zero-order valence-electron chi connectivity index (χ0n) is 38.5. The standard InChI is InChI=1S/C46H84O15/c1-5-6-7-8-9-10-11-12-43-13-15-44(16-14-43)60-42-41-59-40-39-58-38-37-57-36-35-56-34-33-55-32-31-54-30-29-53-28-27-52-26-25-51-24-23-50-22-21-49-20-19-48-18-17-45(47)61-46(2,3)4/h13-16H,5-12,17-42H2,1-4H3. The molecule has 61 heavy (non-hydrogen) atoms. The van der Waals surface area contributed by atoms with Crippen LogP contribution in [0.3, 0.4) is 0 Å². The maximum absolute atomic E-state index is 11.6. The molecule has 0 bridgehead atoms. The number of aryl methyl sites for hydroxylation is 1. The molecule has 0 saturated carbocycles. The molecule has 0 heterocycles. The Morgan fingerprint density at radius 1 is 0.393 bits per heavy atom. The van der Waals surface area contributed by atoms with Gasteiger partial charge in [-0.3, -0.25) is 4.79 Å². The van der Waals surface area contributed by atoms with E-state index in [4.69, 9.17) is 66.3 Å². The van der Waals surface area contributed by atoms with Crippen LogP contribution in [0.1, 0.15) is 84.6 Å². The van der Waals surface area contributed by atoms with Gasteiger partial charge in [0.15, 0.2) is 0 Å². The van der Waals surface area contributed by atoms with E-state index in [1.807, 2.05) is 20.8 Å². The Labute approximate surface area is 368 Å². The molecule has 0 fully saturated rings. The minimum atomic E-state index is -0.477. The van der Waals surface area contributed by atoms with Crippen molar-refractivity contribution in [3.63, 3.8) is 0 Å². The highest BCUT2D eigenvalue weighted by atomic mass is 16.6. The molecule has 0 amide bonds. The van der Waals surface area contributed by atoms with Crippen LogP contribution in [0.4, 0.5) is 0 Å². The highest BCUT2D eigenvalue weighted by Gasteiger charge is 2.15. The van der Waals surface area contributed by atoms with Gasteiger partial charge < -0.3 is 66.3 Å². The minimum absolute atomic E-state index is 0.230. The summed E-state index contributed by atoms with van der Waals surface area (Å²) in [5, 5.41) is 0. The van der Waals surface area contributed by atoms with Crippen LogP contribution in [0.2, 0.25) is 0 Å². The summed E-state index contributed by atoms with van der Waals surface area (Å²) in [5.41, 5.74) is 0.900. The van der Waals surface area contributed by atoms with Gasteiger partial charge in [0.25, 0.3) is 0 Å². The van der Waals surface area contributed by atoms with Crippen LogP contribution in [0.5, 0.6) is 5.75 Å². The molecule has 358 valence electrons. The Balaban J connectivity index is 1.67. The Kier molecular flexibility index (Phi) is 41.7. The molecule has 15 heteroatoms. The highest BCUT2D eigenvalue weighted by molar-refractivity contribution is 5.69. The lowest BCUT2D eigenvalue weighted by Crippen LogP contribution is -2.24. The predicted octanol–water partition coefficient (Wildman–Crippen LogP) is 6.29. The maximum atomic E-state index is 11.6. The van der Waals surface area contributed by atoms with Crippen molar-refractivity contribution in [2.45, 2.75) is 91.1 Å². The normalized spacial score (nSPS) is 11.7. The zero-order chi connectivity index (χ0) is 44.0. The molecule has 1 rings (SSSR count). The lowest BCUT2D eigenvalue weighted by atomic mass is 10.0. The summed E-state index contributed by atoms with van der Waals surface area (Å²) >= 11 is 0. The van der Waals surface area contributed by atoms with E-state index in [-0.39, 0.29) is 12.4 Å². The number of unbranched alkanes of at least 4 members (excludes halogenated alkanes) is 6. The second-order valence-corrected chi connectivity index (χ2v) is 15.0. The van der Waals surface area contributed by atoms with Crippen molar-refractivity contribution < 1.29 is 71.1 Å². The van der Waals surface area contributed by atoms with Gasteiger partial charge in [0.1, 0.15) is 18.0 Å². The van der Waals surface area contributed by atoms with Crippen LogP contribution < -0.4 is 4.74 Å². The first-order valence-electron chi connectivity index (χ1n) is 22.8. The molecule has 0 spiro atoms. The average Bonchev–Trinajstić information content (AvgIpc) is 3.24. The van der Waals surface area contributed by atoms with Crippen molar-refractivity contribution in [3.8, 4) is 5.75 Å². The number of carbonyl (C=O) groups excluding carboxylic acids is 1. The van der Waals surface area contributed by atoms with Crippen molar-refractivity contribution in [2.24, 2.45) is 0 Å². The van der Waals surface area contributed by atoms with E-state index in [0.717, 1.165) is 12.2 Å². The van der Waals surface area contributed by atoms with Crippen LogP contribution in [0, 0.1) is 0 Å². The van der Waals surface area contributed by atoms with Crippen molar-refractivity contribution in [1.82, 2.24) is 0 Å². The van der Waals surface area contributed by atoms with E-state index in [1.165, 1.54) is 50.5 Å². The summed E-state index contributed by atoms with van der Waals surface area (Å²) in [7, 11) is 0. The molecule has 0 aliphatic carbocycles. The number of hydrogen-bond donors (Lipinski definition) is 0. The van der Waals surface area contributed by atoms with Crippen molar-refractivity contribution in [2.75, 3.05) is 165 Å². The van der Waals surface area contributed by atoms with Gasteiger partial charge in [0.2, 0.25) is 0 Å². The predicted molar refractivity (Wildman–Crippen MR) is 234 cm³/mol. The fourth-order valence-electron chi connectivity index (χ4n) is 5.33. The van der Waals surface area contributed by atoms with E-state index < -0.39 is 5.60 Å². The molecule has 1 aromatic carbocycles. The van der Waals surface area contributed by atoms with Crippen LogP contribution in [0.25, 0.3) is 0 Å². The number of ether oxygens (including phenoxy) is 14. The first-order chi connectivity index (χ1) is 29.9. The van der Waals surface area contributed by atoms with E-state index >= 15 is 0 Å². The maximum Gasteiger partial charge on any atom is 0.308 e. The first kappa shape index (κ1) is 57.0. The Morgan fingerprint density at radius 3 is 1.02 bits per heavy atom. The van der Waals surface area contributed by atoms with Crippen LogP contribution in [-0.4, -0.2) is 177 Å². The molecule has 0 aliphatic heterocycles. The fraction of sp³-hybridized carbons (Fsp3) is 0.848. The minimum Gasteiger partial charge on any atom is -0.491 e. The molecule has 15 nitrogen and oxygen atoms in total.